The third kappa shape index (κ3) is 4.82. The summed E-state index contributed by atoms with van der Waals surface area (Å²) in [6.45, 7) is 3.06. The van der Waals surface area contributed by atoms with E-state index in [0.717, 1.165) is 22.4 Å². The van der Waals surface area contributed by atoms with Crippen LogP contribution in [0, 0.1) is 11.8 Å². The fraction of sp³-hybridized carbons (Fsp3) is 0.143. The molecule has 0 saturated heterocycles. The van der Waals surface area contributed by atoms with E-state index < -0.39 is 0 Å². The number of aromatic nitrogens is 2. The van der Waals surface area contributed by atoms with Crippen LogP contribution in [0.25, 0.3) is 0 Å². The van der Waals surface area contributed by atoms with Gasteiger partial charge >= 0.3 is 0 Å². The standard InChI is InChI=1S/C21H19N3O/c1-2-25-23-21(16-24-15-14-22-17-24)20-12-10-19(11-13-20)9-8-18-6-4-3-5-7-18/h3-7,10-15,17H,2,16H2,1H3/b23-21+. The summed E-state index contributed by atoms with van der Waals surface area (Å²) in [7, 11) is 0. The topological polar surface area (TPSA) is 39.4 Å². The number of oxime groups is 1. The van der Waals surface area contributed by atoms with Crippen molar-refractivity contribution in [2.24, 2.45) is 5.16 Å². The number of rotatable bonds is 5. The molecule has 3 rings (SSSR count). The number of benzene rings is 2. The second-order valence-corrected chi connectivity index (χ2v) is 5.38. The van der Waals surface area contributed by atoms with Crippen LogP contribution in [0.5, 0.6) is 0 Å². The first kappa shape index (κ1) is 16.5. The average Bonchev–Trinajstić information content (AvgIpc) is 3.18. The molecule has 3 aromatic rings. The Bertz CT molecular complexity index is 870. The van der Waals surface area contributed by atoms with Gasteiger partial charge in [-0.2, -0.15) is 0 Å². The van der Waals surface area contributed by atoms with Crippen LogP contribution in [0.3, 0.4) is 0 Å². The van der Waals surface area contributed by atoms with Crippen LogP contribution < -0.4 is 0 Å². The number of hydrogen-bond donors (Lipinski definition) is 0. The van der Waals surface area contributed by atoms with Gasteiger partial charge in [0.05, 0.1) is 12.9 Å². The molecule has 0 fully saturated rings. The number of hydrogen-bond acceptors (Lipinski definition) is 3. The maximum absolute atomic E-state index is 5.26. The molecule has 0 aliphatic carbocycles. The molecule has 0 amide bonds. The van der Waals surface area contributed by atoms with Crippen molar-refractivity contribution in [1.82, 2.24) is 9.55 Å². The summed E-state index contributed by atoms with van der Waals surface area (Å²) >= 11 is 0. The Kier molecular flexibility index (Phi) is 5.63. The molecule has 25 heavy (non-hydrogen) atoms. The Hall–Kier alpha value is -3.32. The van der Waals surface area contributed by atoms with E-state index in [1.165, 1.54) is 0 Å². The van der Waals surface area contributed by atoms with Crippen molar-refractivity contribution in [1.29, 1.82) is 0 Å². The monoisotopic (exact) mass is 329 g/mol. The molecule has 0 radical (unpaired) electrons. The predicted octanol–water partition coefficient (Wildman–Crippen LogP) is 3.72. The van der Waals surface area contributed by atoms with Gasteiger partial charge in [-0.15, -0.1) is 0 Å². The molecule has 1 aromatic heterocycles. The van der Waals surface area contributed by atoms with Crippen LogP contribution in [-0.4, -0.2) is 21.9 Å². The van der Waals surface area contributed by atoms with Gasteiger partial charge in [0.15, 0.2) is 0 Å². The maximum Gasteiger partial charge on any atom is 0.114 e. The summed E-state index contributed by atoms with van der Waals surface area (Å²) in [5.41, 5.74) is 3.83. The number of imidazole rings is 1. The molecule has 2 aromatic carbocycles. The Morgan fingerprint density at radius 3 is 2.40 bits per heavy atom. The zero-order valence-corrected chi connectivity index (χ0v) is 14.1. The highest BCUT2D eigenvalue weighted by Gasteiger charge is 2.06. The molecule has 0 spiro atoms. The van der Waals surface area contributed by atoms with E-state index in [1.54, 1.807) is 12.5 Å². The Balaban J connectivity index is 1.78. The van der Waals surface area contributed by atoms with Crippen molar-refractivity contribution >= 4 is 5.71 Å². The SMILES string of the molecule is CCO/N=C(\Cn1ccnc1)c1ccc(C#Cc2ccccc2)cc1. The average molecular weight is 329 g/mol. The predicted molar refractivity (Wildman–Crippen MR) is 99.3 cm³/mol. The van der Waals surface area contributed by atoms with Gasteiger partial charge in [0.1, 0.15) is 12.3 Å². The van der Waals surface area contributed by atoms with Crippen LogP contribution in [-0.2, 0) is 11.4 Å². The molecular weight excluding hydrogens is 310 g/mol. The van der Waals surface area contributed by atoms with Gasteiger partial charge in [0.2, 0.25) is 0 Å². The van der Waals surface area contributed by atoms with Crippen LogP contribution in [0.4, 0.5) is 0 Å². The lowest BCUT2D eigenvalue weighted by Crippen LogP contribution is -2.11. The minimum Gasteiger partial charge on any atom is -0.396 e. The zero-order valence-electron chi connectivity index (χ0n) is 14.1. The highest BCUT2D eigenvalue weighted by molar-refractivity contribution is 6.00. The minimum atomic E-state index is 0.536. The van der Waals surface area contributed by atoms with Gasteiger partial charge in [-0.05, 0) is 31.2 Å². The van der Waals surface area contributed by atoms with Gasteiger partial charge in [-0.1, -0.05) is 47.3 Å². The second kappa shape index (κ2) is 8.51. The highest BCUT2D eigenvalue weighted by Crippen LogP contribution is 2.08. The summed E-state index contributed by atoms with van der Waals surface area (Å²) in [5.74, 6) is 6.34. The van der Waals surface area contributed by atoms with Gasteiger partial charge < -0.3 is 9.40 Å². The van der Waals surface area contributed by atoms with Crippen molar-refractivity contribution in [3.05, 3.63) is 90.0 Å². The smallest absolute Gasteiger partial charge is 0.114 e. The molecular formula is C21H19N3O. The molecule has 0 aliphatic heterocycles. The zero-order chi connectivity index (χ0) is 17.3. The van der Waals surface area contributed by atoms with Crippen molar-refractivity contribution in [3.8, 4) is 11.8 Å². The molecule has 1 heterocycles. The van der Waals surface area contributed by atoms with Gasteiger partial charge in [-0.25, -0.2) is 4.98 Å². The molecule has 0 aliphatic rings. The van der Waals surface area contributed by atoms with E-state index in [0.29, 0.717) is 13.2 Å². The lowest BCUT2D eigenvalue weighted by atomic mass is 10.1. The molecule has 0 unspecified atom stereocenters. The van der Waals surface area contributed by atoms with Gasteiger partial charge in [0.25, 0.3) is 0 Å². The summed E-state index contributed by atoms with van der Waals surface area (Å²) < 4.78 is 1.96. The quantitative estimate of drug-likeness (QED) is 0.406. The molecule has 0 saturated carbocycles. The molecule has 124 valence electrons. The summed E-state index contributed by atoms with van der Waals surface area (Å²) in [6.07, 6.45) is 5.42. The van der Waals surface area contributed by atoms with Crippen LogP contribution >= 0.6 is 0 Å². The van der Waals surface area contributed by atoms with Crippen molar-refractivity contribution in [2.75, 3.05) is 6.61 Å². The molecule has 4 nitrogen and oxygen atoms in total. The Morgan fingerprint density at radius 2 is 1.76 bits per heavy atom. The first-order valence-electron chi connectivity index (χ1n) is 8.17. The van der Waals surface area contributed by atoms with E-state index in [1.807, 2.05) is 72.3 Å². The third-order valence-electron chi connectivity index (χ3n) is 3.54. The summed E-state index contributed by atoms with van der Waals surface area (Å²) in [4.78, 5) is 9.33. The molecule has 0 N–H and O–H groups in total. The Morgan fingerprint density at radius 1 is 1.04 bits per heavy atom. The molecule has 0 atom stereocenters. The first-order chi connectivity index (χ1) is 12.3. The van der Waals surface area contributed by atoms with Crippen molar-refractivity contribution < 1.29 is 4.84 Å². The normalized spacial score (nSPS) is 10.8. The largest absolute Gasteiger partial charge is 0.396 e. The maximum atomic E-state index is 5.26. The van der Waals surface area contributed by atoms with Crippen LogP contribution in [0.2, 0.25) is 0 Å². The van der Waals surface area contributed by atoms with E-state index in [9.17, 15) is 0 Å². The highest BCUT2D eigenvalue weighted by atomic mass is 16.6. The fourth-order valence-corrected chi connectivity index (χ4v) is 2.28. The molecule has 0 bridgehead atoms. The van der Waals surface area contributed by atoms with Crippen LogP contribution in [0.1, 0.15) is 23.6 Å². The summed E-state index contributed by atoms with van der Waals surface area (Å²) in [5, 5.41) is 4.24. The second-order valence-electron chi connectivity index (χ2n) is 5.38. The van der Waals surface area contributed by atoms with E-state index >= 15 is 0 Å². The third-order valence-corrected chi connectivity index (χ3v) is 3.54. The first-order valence-corrected chi connectivity index (χ1v) is 8.17. The summed E-state index contributed by atoms with van der Waals surface area (Å²) in [6, 6.07) is 18.0. The lowest BCUT2D eigenvalue weighted by Gasteiger charge is -2.07. The van der Waals surface area contributed by atoms with Gasteiger partial charge in [-0.3, -0.25) is 0 Å². The minimum absolute atomic E-state index is 0.536. The van der Waals surface area contributed by atoms with Crippen molar-refractivity contribution in [3.63, 3.8) is 0 Å². The molecule has 4 heteroatoms. The van der Waals surface area contributed by atoms with E-state index in [2.05, 4.69) is 22.0 Å². The van der Waals surface area contributed by atoms with Crippen molar-refractivity contribution in [2.45, 2.75) is 13.5 Å². The lowest BCUT2D eigenvalue weighted by molar-refractivity contribution is 0.158. The number of nitrogens with zero attached hydrogens (tertiary/aromatic N) is 3. The van der Waals surface area contributed by atoms with Crippen LogP contribution in [0.15, 0.2) is 78.5 Å². The Labute approximate surface area is 147 Å². The van der Waals surface area contributed by atoms with Gasteiger partial charge in [0, 0.05) is 29.1 Å². The van der Waals surface area contributed by atoms with E-state index in [4.69, 9.17) is 4.84 Å². The fourth-order valence-electron chi connectivity index (χ4n) is 2.28. The van der Waals surface area contributed by atoms with E-state index in [-0.39, 0.29) is 0 Å².